The average molecular weight is 280 g/mol. The van der Waals surface area contributed by atoms with Gasteiger partial charge < -0.3 is 0 Å². The van der Waals surface area contributed by atoms with Crippen LogP contribution in [-0.4, -0.2) is 19.9 Å². The minimum absolute atomic E-state index is 0.0278. The van der Waals surface area contributed by atoms with Crippen LogP contribution < -0.4 is 9.86 Å². The largest absolute Gasteiger partial charge is 0.274 e. The van der Waals surface area contributed by atoms with Crippen molar-refractivity contribution in [3.63, 3.8) is 0 Å². The van der Waals surface area contributed by atoms with E-state index < -0.39 is 15.1 Å². The predicted octanol–water partition coefficient (Wildman–Crippen LogP) is 0.584. The first kappa shape index (κ1) is 13.8. The summed E-state index contributed by atoms with van der Waals surface area (Å²) in [5.74, 6) is 0. The Balaban J connectivity index is 2.82. The van der Waals surface area contributed by atoms with E-state index in [2.05, 4.69) is 0 Å². The number of nitrogens with two attached hydrogens (primary N) is 1. The van der Waals surface area contributed by atoms with Gasteiger partial charge in [-0.25, -0.2) is 9.86 Å². The van der Waals surface area contributed by atoms with E-state index in [1.165, 1.54) is 18.2 Å². The van der Waals surface area contributed by atoms with Crippen molar-refractivity contribution in [2.75, 3.05) is 6.54 Å². The number of nitro groups is 1. The first-order valence-corrected chi connectivity index (χ1v) is 6.42. The van der Waals surface area contributed by atoms with Crippen LogP contribution in [0.2, 0.25) is 5.02 Å². The Labute approximate surface area is 103 Å². The van der Waals surface area contributed by atoms with Gasteiger partial charge in [0.05, 0.1) is 4.92 Å². The number of halogens is 1. The molecule has 0 amide bonds. The molecule has 1 aromatic rings. The third-order valence-corrected chi connectivity index (χ3v) is 2.78. The van der Waals surface area contributed by atoms with Crippen molar-refractivity contribution >= 4 is 27.5 Å². The van der Waals surface area contributed by atoms with Gasteiger partial charge in [0.25, 0.3) is 15.9 Å². The van der Waals surface area contributed by atoms with E-state index in [9.17, 15) is 18.5 Å². The van der Waals surface area contributed by atoms with Crippen molar-refractivity contribution in [3.8, 4) is 0 Å². The van der Waals surface area contributed by atoms with Crippen LogP contribution in [-0.2, 0) is 16.6 Å². The van der Waals surface area contributed by atoms with Crippen LogP contribution >= 0.6 is 11.6 Å². The lowest BCUT2D eigenvalue weighted by molar-refractivity contribution is -0.385. The number of hydrogen-bond acceptors (Lipinski definition) is 4. The van der Waals surface area contributed by atoms with Gasteiger partial charge in [-0.1, -0.05) is 11.6 Å². The second kappa shape index (κ2) is 5.41. The van der Waals surface area contributed by atoms with Gasteiger partial charge in [-0.2, -0.15) is 8.42 Å². The summed E-state index contributed by atoms with van der Waals surface area (Å²) in [5, 5.41) is 15.8. The van der Waals surface area contributed by atoms with Gasteiger partial charge in [-0.15, -0.1) is 0 Å². The molecule has 3 N–H and O–H groups in total. The first-order valence-electron chi connectivity index (χ1n) is 4.50. The molecule has 0 radical (unpaired) electrons. The van der Waals surface area contributed by atoms with Gasteiger partial charge in [0.2, 0.25) is 0 Å². The third kappa shape index (κ3) is 4.65. The van der Waals surface area contributed by atoms with Gasteiger partial charge >= 0.3 is 0 Å². The molecule has 7 nitrogen and oxygen atoms in total. The fourth-order valence-electron chi connectivity index (χ4n) is 1.26. The number of hydrogen-bond donors (Lipinski definition) is 2. The van der Waals surface area contributed by atoms with Crippen molar-refractivity contribution in [2.24, 2.45) is 5.14 Å². The van der Waals surface area contributed by atoms with Gasteiger partial charge in [-0.3, -0.25) is 10.1 Å². The number of nitrogens with zero attached hydrogens (tertiary/aromatic N) is 1. The van der Waals surface area contributed by atoms with Gasteiger partial charge in [0.1, 0.15) is 0 Å². The predicted molar refractivity (Wildman–Crippen MR) is 62.9 cm³/mol. The molecule has 0 heterocycles. The highest BCUT2D eigenvalue weighted by Crippen LogP contribution is 2.22. The molecular weight excluding hydrogens is 270 g/mol. The van der Waals surface area contributed by atoms with Crippen molar-refractivity contribution in [2.45, 2.75) is 6.42 Å². The van der Waals surface area contributed by atoms with Crippen LogP contribution in [0.5, 0.6) is 0 Å². The lowest BCUT2D eigenvalue weighted by atomic mass is 10.1. The Bertz CT molecular complexity index is 532. The van der Waals surface area contributed by atoms with Crippen LogP contribution in [0, 0.1) is 10.1 Å². The second-order valence-corrected chi connectivity index (χ2v) is 5.03. The van der Waals surface area contributed by atoms with Gasteiger partial charge in [0.15, 0.2) is 0 Å². The molecule has 0 bridgehead atoms. The van der Waals surface area contributed by atoms with Crippen LogP contribution in [0.15, 0.2) is 18.2 Å². The zero-order chi connectivity index (χ0) is 13.1. The highest BCUT2D eigenvalue weighted by atomic mass is 35.5. The third-order valence-electron chi connectivity index (χ3n) is 1.94. The Morgan fingerprint density at radius 2 is 2.12 bits per heavy atom. The summed E-state index contributed by atoms with van der Waals surface area (Å²) in [6.45, 7) is -0.0278. The minimum atomic E-state index is -3.79. The Kier molecular flexibility index (Phi) is 4.40. The van der Waals surface area contributed by atoms with Crippen LogP contribution in [0.1, 0.15) is 5.56 Å². The topological polar surface area (TPSA) is 115 Å². The van der Waals surface area contributed by atoms with Crippen LogP contribution in [0.4, 0.5) is 5.69 Å². The van der Waals surface area contributed by atoms with Gasteiger partial charge in [-0.05, 0) is 18.6 Å². The maximum absolute atomic E-state index is 10.7. The van der Waals surface area contributed by atoms with E-state index in [4.69, 9.17) is 16.7 Å². The molecule has 9 heteroatoms. The quantitative estimate of drug-likeness (QED) is 0.606. The molecule has 1 rings (SSSR count). The Morgan fingerprint density at radius 1 is 1.47 bits per heavy atom. The molecule has 0 saturated carbocycles. The fourth-order valence-corrected chi connectivity index (χ4v) is 1.84. The molecular formula is C8H10ClN3O4S. The molecule has 0 saturated heterocycles. The van der Waals surface area contributed by atoms with Crippen molar-refractivity contribution in [3.05, 3.63) is 38.9 Å². The zero-order valence-electron chi connectivity index (χ0n) is 8.59. The molecule has 0 unspecified atom stereocenters. The second-order valence-electron chi connectivity index (χ2n) is 3.22. The number of nitrogens with one attached hydrogen (secondary N) is 1. The van der Waals surface area contributed by atoms with E-state index in [1.807, 2.05) is 4.72 Å². The number of benzene rings is 1. The summed E-state index contributed by atoms with van der Waals surface area (Å²) < 4.78 is 23.3. The smallest absolute Gasteiger partial charge is 0.258 e. The standard InChI is InChI=1S/C8H10ClN3O4S/c9-7-1-2-8(12(13)14)6(5-7)3-4-11-17(10,15)16/h1-2,5,11H,3-4H2,(H2,10,15,16). The lowest BCUT2D eigenvalue weighted by Gasteiger charge is -2.04. The number of nitro benzene ring substituents is 1. The van der Waals surface area contributed by atoms with E-state index >= 15 is 0 Å². The molecule has 0 aliphatic heterocycles. The highest BCUT2D eigenvalue weighted by molar-refractivity contribution is 7.87. The minimum Gasteiger partial charge on any atom is -0.258 e. The SMILES string of the molecule is NS(=O)(=O)NCCc1cc(Cl)ccc1[N+](=O)[O-]. The lowest BCUT2D eigenvalue weighted by Crippen LogP contribution is -2.32. The molecule has 17 heavy (non-hydrogen) atoms. The van der Waals surface area contributed by atoms with Crippen LogP contribution in [0.25, 0.3) is 0 Å². The molecule has 0 aliphatic carbocycles. The summed E-state index contributed by atoms with van der Waals surface area (Å²) in [5.41, 5.74) is 0.240. The molecule has 1 aromatic carbocycles. The normalized spacial score (nSPS) is 11.4. The van der Waals surface area contributed by atoms with E-state index in [-0.39, 0.29) is 18.7 Å². The molecule has 0 atom stereocenters. The van der Waals surface area contributed by atoms with E-state index in [0.29, 0.717) is 10.6 Å². The molecule has 94 valence electrons. The van der Waals surface area contributed by atoms with Crippen molar-refractivity contribution in [1.82, 2.24) is 4.72 Å². The molecule has 0 spiro atoms. The maximum Gasteiger partial charge on any atom is 0.274 e. The van der Waals surface area contributed by atoms with Crippen molar-refractivity contribution in [1.29, 1.82) is 0 Å². The molecule has 0 aliphatic rings. The molecule has 0 aromatic heterocycles. The summed E-state index contributed by atoms with van der Waals surface area (Å²) in [7, 11) is -3.79. The Hall–Kier alpha value is -1.22. The monoisotopic (exact) mass is 279 g/mol. The van der Waals surface area contributed by atoms with E-state index in [1.54, 1.807) is 0 Å². The summed E-state index contributed by atoms with van der Waals surface area (Å²) in [6.07, 6.45) is 0.132. The summed E-state index contributed by atoms with van der Waals surface area (Å²) in [6, 6.07) is 4.09. The Morgan fingerprint density at radius 3 is 2.65 bits per heavy atom. The van der Waals surface area contributed by atoms with Crippen LogP contribution in [0.3, 0.4) is 0 Å². The van der Waals surface area contributed by atoms with E-state index in [0.717, 1.165) is 0 Å². The summed E-state index contributed by atoms with van der Waals surface area (Å²) >= 11 is 5.70. The zero-order valence-corrected chi connectivity index (χ0v) is 10.2. The highest BCUT2D eigenvalue weighted by Gasteiger charge is 2.14. The molecule has 0 fully saturated rings. The maximum atomic E-state index is 10.7. The first-order chi connectivity index (χ1) is 7.79. The average Bonchev–Trinajstić information content (AvgIpc) is 2.15. The fraction of sp³-hybridized carbons (Fsp3) is 0.250. The summed E-state index contributed by atoms with van der Waals surface area (Å²) in [4.78, 5) is 10.1. The van der Waals surface area contributed by atoms with Gasteiger partial charge in [0, 0.05) is 23.2 Å². The number of rotatable bonds is 5. The van der Waals surface area contributed by atoms with Crippen molar-refractivity contribution < 1.29 is 13.3 Å².